The van der Waals surface area contributed by atoms with Gasteiger partial charge in [0.25, 0.3) is 0 Å². The van der Waals surface area contributed by atoms with E-state index in [1.165, 1.54) is 122 Å². The van der Waals surface area contributed by atoms with Gasteiger partial charge in [0.15, 0.2) is 0 Å². The maximum atomic E-state index is 2.46. The van der Waals surface area contributed by atoms with Gasteiger partial charge in [-0.2, -0.15) is 0 Å². The van der Waals surface area contributed by atoms with E-state index < -0.39 is 10.8 Å². The molecule has 76 heavy (non-hydrogen) atoms. The Morgan fingerprint density at radius 2 is 0.539 bits per heavy atom. The van der Waals surface area contributed by atoms with Gasteiger partial charge in [-0.3, -0.25) is 0 Å². The van der Waals surface area contributed by atoms with Crippen molar-refractivity contribution in [3.8, 4) is 44.8 Å². The Balaban J connectivity index is 0.814. The highest BCUT2D eigenvalue weighted by atomic mass is 15.0. The van der Waals surface area contributed by atoms with Crippen molar-refractivity contribution in [2.24, 2.45) is 0 Å². The van der Waals surface area contributed by atoms with Crippen molar-refractivity contribution in [2.75, 3.05) is 0 Å². The Labute approximate surface area is 441 Å². The van der Waals surface area contributed by atoms with Gasteiger partial charge in [-0.05, 0) is 126 Å². The summed E-state index contributed by atoms with van der Waals surface area (Å²) >= 11 is 0. The predicted molar refractivity (Wildman–Crippen MR) is 315 cm³/mol. The third-order valence-electron chi connectivity index (χ3n) is 17.1. The van der Waals surface area contributed by atoms with Crippen LogP contribution in [0, 0.1) is 0 Å². The first-order valence-corrected chi connectivity index (χ1v) is 26.5. The van der Waals surface area contributed by atoms with Gasteiger partial charge < -0.3 is 9.13 Å². The van der Waals surface area contributed by atoms with Crippen LogP contribution in [0.15, 0.2) is 291 Å². The van der Waals surface area contributed by atoms with E-state index in [1.807, 2.05) is 0 Å². The van der Waals surface area contributed by atoms with Gasteiger partial charge in [0, 0.05) is 32.9 Å². The summed E-state index contributed by atoms with van der Waals surface area (Å²) in [6.07, 6.45) is 0. The van der Waals surface area contributed by atoms with E-state index in [0.29, 0.717) is 0 Å². The van der Waals surface area contributed by atoms with Gasteiger partial charge in [-0.1, -0.05) is 243 Å². The predicted octanol–water partition coefficient (Wildman–Crippen LogP) is 18.3. The van der Waals surface area contributed by atoms with Crippen LogP contribution < -0.4 is 0 Å². The molecule has 2 heterocycles. The van der Waals surface area contributed by atoms with Crippen LogP contribution >= 0.6 is 0 Å². The summed E-state index contributed by atoms with van der Waals surface area (Å²) in [5.74, 6) is 0. The summed E-state index contributed by atoms with van der Waals surface area (Å²) in [5.41, 5.74) is 24.1. The quantitative estimate of drug-likeness (QED) is 0.151. The fraction of sp³-hybridized carbons (Fsp3) is 0.0270. The Morgan fingerprint density at radius 1 is 0.224 bits per heavy atom. The van der Waals surface area contributed by atoms with Crippen LogP contribution in [0.2, 0.25) is 0 Å². The monoisotopic (exact) mass is 964 g/mol. The molecule has 0 fully saturated rings. The van der Waals surface area contributed by atoms with Crippen LogP contribution in [-0.2, 0) is 10.8 Å². The third-order valence-corrected chi connectivity index (χ3v) is 17.1. The van der Waals surface area contributed by atoms with E-state index >= 15 is 0 Å². The van der Waals surface area contributed by atoms with Crippen molar-refractivity contribution >= 4 is 43.6 Å². The maximum Gasteiger partial charge on any atom is 0.0713 e. The van der Waals surface area contributed by atoms with E-state index in [2.05, 4.69) is 300 Å². The molecule has 0 atom stereocenters. The molecule has 0 radical (unpaired) electrons. The summed E-state index contributed by atoms with van der Waals surface area (Å²) in [5, 5.41) is 5.10. The highest BCUT2D eigenvalue weighted by Gasteiger charge is 2.48. The zero-order valence-electron chi connectivity index (χ0n) is 41.6. The Hall–Kier alpha value is -9.76. The second kappa shape index (κ2) is 16.4. The molecule has 0 spiro atoms. The third kappa shape index (κ3) is 5.70. The second-order valence-electron chi connectivity index (χ2n) is 20.6. The number of hydrogen-bond donors (Lipinski definition) is 0. The van der Waals surface area contributed by atoms with Crippen molar-refractivity contribution in [1.29, 1.82) is 0 Å². The number of para-hydroxylation sites is 2. The van der Waals surface area contributed by atoms with Crippen LogP contribution in [0.4, 0.5) is 0 Å². The van der Waals surface area contributed by atoms with Crippen LogP contribution in [0.5, 0.6) is 0 Å². The lowest BCUT2D eigenvalue weighted by molar-refractivity contribution is 0.769. The molecule has 2 aliphatic carbocycles. The summed E-state index contributed by atoms with van der Waals surface area (Å²) in [6.45, 7) is 0. The van der Waals surface area contributed by atoms with Crippen LogP contribution in [0.25, 0.3) is 88.4 Å². The molecule has 16 rings (SSSR count). The van der Waals surface area contributed by atoms with Crippen molar-refractivity contribution in [2.45, 2.75) is 10.8 Å². The average Bonchev–Trinajstić information content (AvgIpc) is 4.39. The number of rotatable bonds is 7. The van der Waals surface area contributed by atoms with Crippen LogP contribution in [-0.4, -0.2) is 9.13 Å². The molecule has 0 amide bonds. The Morgan fingerprint density at radius 3 is 0.908 bits per heavy atom. The molecule has 0 aliphatic heterocycles. The highest BCUT2D eigenvalue weighted by molar-refractivity contribution is 6.20. The Kier molecular flexibility index (Phi) is 9.20. The van der Waals surface area contributed by atoms with Gasteiger partial charge in [0.2, 0.25) is 0 Å². The topological polar surface area (TPSA) is 9.86 Å². The number of benzene rings is 12. The standard InChI is InChI=1S/C74H48N2/c1-5-21-51(22-6-1)73(52-23-7-2-8-24-52)61-33-17-13-29-57(61)69-63(73)45-47-67-71(69)59-31-15-19-35-65(59)75(67)55-41-37-49(38-42-55)50-39-43-56(44-40-50)76-66-36-20-16-32-60(66)72-68(76)48-46-64-70(72)58-30-14-18-34-62(58)74(64,53-25-9-3-10-26-53)54-27-11-4-12-28-54/h1-48H. The number of aromatic nitrogens is 2. The minimum absolute atomic E-state index is 0.463. The highest BCUT2D eigenvalue weighted by Crippen LogP contribution is 2.60. The molecule has 0 saturated heterocycles. The van der Waals surface area contributed by atoms with Crippen molar-refractivity contribution in [3.63, 3.8) is 0 Å². The van der Waals surface area contributed by atoms with Crippen molar-refractivity contribution in [3.05, 3.63) is 336 Å². The number of nitrogens with zero attached hydrogens (tertiary/aromatic N) is 2. The van der Waals surface area contributed by atoms with E-state index in [0.717, 1.165) is 11.4 Å². The lowest BCUT2D eigenvalue weighted by Gasteiger charge is -2.33. The lowest BCUT2D eigenvalue weighted by Crippen LogP contribution is -2.28. The Bertz CT molecular complexity index is 4210. The molecular formula is C74H48N2. The largest absolute Gasteiger partial charge is 0.309 e. The molecule has 0 bridgehead atoms. The molecule has 2 aromatic heterocycles. The average molecular weight is 965 g/mol. The van der Waals surface area contributed by atoms with E-state index in [4.69, 9.17) is 0 Å². The molecule has 0 unspecified atom stereocenters. The van der Waals surface area contributed by atoms with Gasteiger partial charge >= 0.3 is 0 Å². The fourth-order valence-corrected chi connectivity index (χ4v) is 14.1. The fourth-order valence-electron chi connectivity index (χ4n) is 14.1. The maximum absolute atomic E-state index is 2.46. The first-order chi connectivity index (χ1) is 37.7. The molecular weight excluding hydrogens is 917 g/mol. The summed E-state index contributed by atoms with van der Waals surface area (Å²) in [7, 11) is 0. The zero-order chi connectivity index (χ0) is 50.0. The lowest BCUT2D eigenvalue weighted by atomic mass is 9.67. The van der Waals surface area contributed by atoms with Gasteiger partial charge in [-0.25, -0.2) is 0 Å². The van der Waals surface area contributed by atoms with Gasteiger partial charge in [-0.15, -0.1) is 0 Å². The molecule has 2 heteroatoms. The van der Waals surface area contributed by atoms with Gasteiger partial charge in [0.1, 0.15) is 0 Å². The van der Waals surface area contributed by atoms with Gasteiger partial charge in [0.05, 0.1) is 32.9 Å². The molecule has 354 valence electrons. The summed E-state index contributed by atoms with van der Waals surface area (Å²) < 4.78 is 4.93. The molecule has 2 nitrogen and oxygen atoms in total. The van der Waals surface area contributed by atoms with E-state index in [-0.39, 0.29) is 0 Å². The molecule has 12 aromatic carbocycles. The van der Waals surface area contributed by atoms with Crippen LogP contribution in [0.1, 0.15) is 44.5 Å². The van der Waals surface area contributed by atoms with E-state index in [9.17, 15) is 0 Å². The number of hydrogen-bond acceptors (Lipinski definition) is 0. The molecule has 2 aliphatic rings. The van der Waals surface area contributed by atoms with Crippen LogP contribution in [0.3, 0.4) is 0 Å². The first-order valence-electron chi connectivity index (χ1n) is 26.5. The van der Waals surface area contributed by atoms with E-state index in [1.54, 1.807) is 0 Å². The first kappa shape index (κ1) is 42.7. The minimum Gasteiger partial charge on any atom is -0.309 e. The number of fused-ring (bicyclic) bond motifs is 14. The molecule has 0 N–H and O–H groups in total. The minimum atomic E-state index is -0.463. The summed E-state index contributed by atoms with van der Waals surface area (Å²) in [6, 6.07) is 108. The SMILES string of the molecule is c1ccc(C2(c3ccccc3)c3ccccc3-c3c2ccc2c3c3ccccc3n2-c2ccc(-c3ccc(-n4c5ccccc5c5c6c(ccc54)C(c4ccccc4)(c4ccccc4)c4ccccc4-6)cc3)cc2)cc1. The summed E-state index contributed by atoms with van der Waals surface area (Å²) in [4.78, 5) is 0. The normalized spacial score (nSPS) is 13.7. The van der Waals surface area contributed by atoms with Crippen molar-refractivity contribution < 1.29 is 0 Å². The molecule has 0 saturated carbocycles. The molecule has 14 aromatic rings. The smallest absolute Gasteiger partial charge is 0.0713 e. The van der Waals surface area contributed by atoms with Crippen molar-refractivity contribution in [1.82, 2.24) is 9.13 Å². The zero-order valence-corrected chi connectivity index (χ0v) is 41.6. The second-order valence-corrected chi connectivity index (χ2v) is 20.6.